The summed E-state index contributed by atoms with van der Waals surface area (Å²) in [6.45, 7) is 3.55. The van der Waals surface area contributed by atoms with Crippen LogP contribution >= 0.6 is 0 Å². The van der Waals surface area contributed by atoms with Crippen molar-refractivity contribution in [2.45, 2.75) is 39.2 Å². The maximum absolute atomic E-state index is 11.6. The van der Waals surface area contributed by atoms with Crippen molar-refractivity contribution in [2.75, 3.05) is 5.32 Å². The number of rotatable bonds is 6. The Bertz CT molecular complexity index is 553. The number of carbonyl (C=O) groups excluding carboxylic acids is 1. The third kappa shape index (κ3) is 3.26. The number of anilines is 1. The Morgan fingerprint density at radius 1 is 1.50 bits per heavy atom. The first-order valence-electron chi connectivity index (χ1n) is 6.65. The molecule has 1 aliphatic rings. The van der Waals surface area contributed by atoms with Gasteiger partial charge in [0.25, 0.3) is 5.91 Å². The number of carboxylic acid groups (broad SMARTS) is 1. The van der Waals surface area contributed by atoms with Crippen LogP contribution in [-0.2, 0) is 4.79 Å². The zero-order valence-electron chi connectivity index (χ0n) is 11.6. The van der Waals surface area contributed by atoms with Gasteiger partial charge in [-0.2, -0.15) is 0 Å². The van der Waals surface area contributed by atoms with Crippen molar-refractivity contribution in [2.24, 2.45) is 11.7 Å². The van der Waals surface area contributed by atoms with Crippen LogP contribution in [0, 0.1) is 19.8 Å². The molecule has 1 amide bonds. The van der Waals surface area contributed by atoms with Gasteiger partial charge >= 0.3 is 5.97 Å². The third-order valence-electron chi connectivity index (χ3n) is 3.50. The standard InChI is InChI=1S/C14H19N3O3/c1-7-5-11(13(14(15)20)8(2)16-7)17-10(6-12(18)19)9-3-4-9/h5,9-10H,3-4,6H2,1-2H3,(H2,15,20)(H,16,17)(H,18,19). The van der Waals surface area contributed by atoms with Crippen molar-refractivity contribution in [3.05, 3.63) is 23.0 Å². The van der Waals surface area contributed by atoms with Gasteiger partial charge in [-0.25, -0.2) is 0 Å². The van der Waals surface area contributed by atoms with Crippen LogP contribution < -0.4 is 11.1 Å². The SMILES string of the molecule is Cc1cc(NC(CC(=O)O)C2CC2)c(C(N)=O)c(C)n1. The number of aryl methyl sites for hydroxylation is 2. The maximum atomic E-state index is 11.6. The van der Waals surface area contributed by atoms with Crippen LogP contribution in [-0.4, -0.2) is 28.0 Å². The Morgan fingerprint density at radius 3 is 2.65 bits per heavy atom. The fraction of sp³-hybridized carbons (Fsp3) is 0.500. The first-order valence-corrected chi connectivity index (χ1v) is 6.65. The number of aliphatic carboxylic acids is 1. The number of hydrogen-bond acceptors (Lipinski definition) is 4. The van der Waals surface area contributed by atoms with Crippen LogP contribution in [0.3, 0.4) is 0 Å². The molecule has 1 saturated carbocycles. The number of nitrogens with one attached hydrogen (secondary N) is 1. The van der Waals surface area contributed by atoms with Gasteiger partial charge < -0.3 is 16.2 Å². The lowest BCUT2D eigenvalue weighted by molar-refractivity contribution is -0.137. The second-order valence-corrected chi connectivity index (χ2v) is 5.32. The molecule has 1 aromatic heterocycles. The summed E-state index contributed by atoms with van der Waals surface area (Å²) in [4.78, 5) is 26.7. The largest absolute Gasteiger partial charge is 0.481 e. The van der Waals surface area contributed by atoms with Gasteiger partial charge in [-0.05, 0) is 38.7 Å². The molecule has 6 heteroatoms. The molecule has 108 valence electrons. The number of carbonyl (C=O) groups is 2. The smallest absolute Gasteiger partial charge is 0.305 e. The predicted octanol–water partition coefficient (Wildman–Crippen LogP) is 1.46. The molecule has 2 rings (SSSR count). The number of hydrogen-bond donors (Lipinski definition) is 3. The molecule has 6 nitrogen and oxygen atoms in total. The topological polar surface area (TPSA) is 105 Å². The molecule has 1 aromatic rings. The van der Waals surface area contributed by atoms with E-state index in [1.165, 1.54) is 0 Å². The van der Waals surface area contributed by atoms with E-state index in [9.17, 15) is 9.59 Å². The van der Waals surface area contributed by atoms with E-state index in [0.717, 1.165) is 18.5 Å². The van der Waals surface area contributed by atoms with Crippen LogP contribution in [0.5, 0.6) is 0 Å². The predicted molar refractivity (Wildman–Crippen MR) is 74.6 cm³/mol. The monoisotopic (exact) mass is 277 g/mol. The molecule has 0 radical (unpaired) electrons. The van der Waals surface area contributed by atoms with Gasteiger partial charge in [-0.15, -0.1) is 0 Å². The van der Waals surface area contributed by atoms with Crippen LogP contribution in [0.25, 0.3) is 0 Å². The quantitative estimate of drug-likeness (QED) is 0.730. The van der Waals surface area contributed by atoms with Crippen LogP contribution in [0.15, 0.2) is 6.07 Å². The second kappa shape index (κ2) is 5.48. The fourth-order valence-electron chi connectivity index (χ4n) is 2.48. The van der Waals surface area contributed by atoms with Crippen molar-refractivity contribution >= 4 is 17.6 Å². The highest BCUT2D eigenvalue weighted by Gasteiger charge is 2.33. The maximum Gasteiger partial charge on any atom is 0.305 e. The van der Waals surface area contributed by atoms with Crippen molar-refractivity contribution in [1.82, 2.24) is 4.98 Å². The molecule has 1 unspecified atom stereocenters. The number of aromatic nitrogens is 1. The summed E-state index contributed by atoms with van der Waals surface area (Å²) in [7, 11) is 0. The molecular formula is C14H19N3O3. The first kappa shape index (κ1) is 14.3. The normalized spacial score (nSPS) is 15.7. The first-order chi connectivity index (χ1) is 9.38. The summed E-state index contributed by atoms with van der Waals surface area (Å²) < 4.78 is 0. The number of primary amides is 1. The minimum atomic E-state index is -0.850. The Hall–Kier alpha value is -2.11. The molecule has 20 heavy (non-hydrogen) atoms. The lowest BCUT2D eigenvalue weighted by atomic mass is 10.1. The Balaban J connectivity index is 2.30. The van der Waals surface area contributed by atoms with Crippen LogP contribution in [0.2, 0.25) is 0 Å². The van der Waals surface area contributed by atoms with Crippen molar-refractivity contribution < 1.29 is 14.7 Å². The summed E-state index contributed by atoms with van der Waals surface area (Å²) in [5, 5.41) is 12.2. The molecule has 0 aromatic carbocycles. The average Bonchev–Trinajstić information content (AvgIpc) is 3.08. The van der Waals surface area contributed by atoms with Crippen molar-refractivity contribution in [3.63, 3.8) is 0 Å². The molecule has 1 aliphatic carbocycles. The van der Waals surface area contributed by atoms with Gasteiger partial charge in [-0.1, -0.05) is 0 Å². The van der Waals surface area contributed by atoms with Crippen LogP contribution in [0.1, 0.15) is 41.0 Å². The summed E-state index contributed by atoms with van der Waals surface area (Å²) in [6, 6.07) is 1.57. The minimum absolute atomic E-state index is 0.0310. The van der Waals surface area contributed by atoms with Gasteiger partial charge in [0, 0.05) is 11.7 Å². The van der Waals surface area contributed by atoms with E-state index in [-0.39, 0.29) is 12.5 Å². The number of amides is 1. The van der Waals surface area contributed by atoms with E-state index in [0.29, 0.717) is 22.9 Å². The second-order valence-electron chi connectivity index (χ2n) is 5.32. The molecule has 0 aliphatic heterocycles. The van der Waals surface area contributed by atoms with Crippen molar-refractivity contribution in [3.8, 4) is 0 Å². The highest BCUT2D eigenvalue weighted by Crippen LogP contribution is 2.36. The highest BCUT2D eigenvalue weighted by molar-refractivity contribution is 5.99. The minimum Gasteiger partial charge on any atom is -0.481 e. The van der Waals surface area contributed by atoms with Crippen LogP contribution in [0.4, 0.5) is 5.69 Å². The Kier molecular flexibility index (Phi) is 3.92. The van der Waals surface area contributed by atoms with Gasteiger partial charge in [-0.3, -0.25) is 14.6 Å². The molecule has 1 heterocycles. The summed E-state index contributed by atoms with van der Waals surface area (Å²) in [5.74, 6) is -1.06. The molecule has 1 atom stereocenters. The molecule has 0 saturated heterocycles. The number of carboxylic acids is 1. The van der Waals surface area contributed by atoms with Crippen molar-refractivity contribution in [1.29, 1.82) is 0 Å². The van der Waals surface area contributed by atoms with E-state index >= 15 is 0 Å². The van der Waals surface area contributed by atoms with Gasteiger partial charge in [0.1, 0.15) is 0 Å². The number of pyridine rings is 1. The fourth-order valence-corrected chi connectivity index (χ4v) is 2.48. The van der Waals surface area contributed by atoms with E-state index in [1.54, 1.807) is 13.0 Å². The Morgan fingerprint density at radius 2 is 2.15 bits per heavy atom. The van der Waals surface area contributed by atoms with E-state index in [4.69, 9.17) is 10.8 Å². The van der Waals surface area contributed by atoms with Gasteiger partial charge in [0.15, 0.2) is 0 Å². The molecular weight excluding hydrogens is 258 g/mol. The average molecular weight is 277 g/mol. The summed E-state index contributed by atoms with van der Waals surface area (Å²) in [5.41, 5.74) is 7.65. The highest BCUT2D eigenvalue weighted by atomic mass is 16.4. The molecule has 1 fully saturated rings. The lowest BCUT2D eigenvalue weighted by Gasteiger charge is -2.20. The number of nitrogens with zero attached hydrogens (tertiary/aromatic N) is 1. The zero-order valence-corrected chi connectivity index (χ0v) is 11.6. The Labute approximate surface area is 117 Å². The van der Waals surface area contributed by atoms with E-state index in [1.807, 2.05) is 6.92 Å². The number of nitrogens with two attached hydrogens (primary N) is 1. The molecule has 0 bridgehead atoms. The zero-order chi connectivity index (χ0) is 14.9. The summed E-state index contributed by atoms with van der Waals surface area (Å²) >= 11 is 0. The van der Waals surface area contributed by atoms with Gasteiger partial charge in [0.05, 0.1) is 23.4 Å². The third-order valence-corrected chi connectivity index (χ3v) is 3.50. The van der Waals surface area contributed by atoms with E-state index in [2.05, 4.69) is 10.3 Å². The van der Waals surface area contributed by atoms with Gasteiger partial charge in [0.2, 0.25) is 0 Å². The molecule has 4 N–H and O–H groups in total. The lowest BCUT2D eigenvalue weighted by Crippen LogP contribution is -2.27. The molecule has 0 spiro atoms. The van der Waals surface area contributed by atoms with E-state index < -0.39 is 11.9 Å². The summed E-state index contributed by atoms with van der Waals surface area (Å²) in [6.07, 6.45) is 2.06.